The number of rotatable bonds is 11. The molecule has 2 aromatic rings. The van der Waals surface area contributed by atoms with Gasteiger partial charge in [0.05, 0.1) is 12.0 Å². The molecule has 0 aliphatic rings. The zero-order chi connectivity index (χ0) is 21.4. The number of fused-ring (bicyclic) bond motifs is 1. The Morgan fingerprint density at radius 3 is 2.72 bits per heavy atom. The van der Waals surface area contributed by atoms with Gasteiger partial charge in [-0.05, 0) is 55.9 Å². The molecule has 8 heteroatoms. The molecule has 1 amide bonds. The Kier molecular flexibility index (Phi) is 8.57. The van der Waals surface area contributed by atoms with Gasteiger partial charge in [-0.3, -0.25) is 4.79 Å². The van der Waals surface area contributed by atoms with Crippen LogP contribution in [0.3, 0.4) is 0 Å². The number of nitrogens with one attached hydrogen (secondary N) is 1. The molecule has 0 saturated heterocycles. The molecule has 158 valence electrons. The van der Waals surface area contributed by atoms with E-state index >= 15 is 0 Å². The summed E-state index contributed by atoms with van der Waals surface area (Å²) in [7, 11) is 0. The lowest BCUT2D eigenvalue weighted by molar-refractivity contribution is -0.308. The molecule has 29 heavy (non-hydrogen) atoms. The number of carbonyl (C=O) groups is 2. The lowest BCUT2D eigenvalue weighted by Crippen LogP contribution is -2.51. The molecule has 1 aromatic carbocycles. The standard InChI is InChI=1S/C21H27NO6S/c1-4-5-6-14-11-19(23)28-18-12-15(7-8-16(14)18)27-13(2)20(24)22-17(21(25)26)9-10-29-3/h7-8,11-13,17H,4-6,9-10H2,1-3H3,(H,22,24)(H,25,26)/p-1/t13-,17-/m0/s1. The molecule has 2 atom stereocenters. The molecule has 1 heterocycles. The molecule has 1 aromatic heterocycles. The van der Waals surface area contributed by atoms with Crippen molar-refractivity contribution in [2.45, 2.75) is 51.7 Å². The molecule has 0 aliphatic carbocycles. The fourth-order valence-corrected chi connectivity index (χ4v) is 3.36. The molecule has 0 bridgehead atoms. The second-order valence-electron chi connectivity index (χ2n) is 6.77. The van der Waals surface area contributed by atoms with Crippen LogP contribution >= 0.6 is 11.8 Å². The summed E-state index contributed by atoms with van der Waals surface area (Å²) in [6, 6.07) is 5.50. The lowest BCUT2D eigenvalue weighted by atomic mass is 10.0. The molecule has 0 unspecified atom stereocenters. The maximum absolute atomic E-state index is 12.3. The van der Waals surface area contributed by atoms with Crippen molar-refractivity contribution in [1.82, 2.24) is 5.32 Å². The van der Waals surface area contributed by atoms with E-state index in [1.165, 1.54) is 24.8 Å². The number of carboxylic acid groups (broad SMARTS) is 1. The van der Waals surface area contributed by atoms with E-state index in [2.05, 4.69) is 12.2 Å². The number of benzene rings is 1. The largest absolute Gasteiger partial charge is 0.548 e. The van der Waals surface area contributed by atoms with Crippen LogP contribution in [0.15, 0.2) is 33.5 Å². The topological polar surface area (TPSA) is 109 Å². The zero-order valence-corrected chi connectivity index (χ0v) is 17.7. The first-order valence-corrected chi connectivity index (χ1v) is 11.0. The van der Waals surface area contributed by atoms with Crippen LogP contribution in [0, 0.1) is 0 Å². The Bertz CT molecular complexity index is 910. The molecule has 0 spiro atoms. The molecule has 1 N–H and O–H groups in total. The Hall–Kier alpha value is -2.48. The fourth-order valence-electron chi connectivity index (χ4n) is 2.89. The van der Waals surface area contributed by atoms with Crippen LogP contribution in [0.5, 0.6) is 5.75 Å². The second kappa shape index (κ2) is 10.9. The van der Waals surface area contributed by atoms with Crippen molar-refractivity contribution in [1.29, 1.82) is 0 Å². The van der Waals surface area contributed by atoms with E-state index in [1.807, 2.05) is 6.26 Å². The van der Waals surface area contributed by atoms with Crippen LogP contribution in [0.2, 0.25) is 0 Å². The van der Waals surface area contributed by atoms with Gasteiger partial charge >= 0.3 is 5.63 Å². The zero-order valence-electron chi connectivity index (χ0n) is 16.9. The number of unbranched alkanes of at least 4 members (excludes halogenated alkanes) is 1. The average Bonchev–Trinajstić information content (AvgIpc) is 2.68. The molecule has 0 aliphatic heterocycles. The minimum atomic E-state index is -1.33. The molecular weight excluding hydrogens is 394 g/mol. The Labute approximate surface area is 173 Å². The van der Waals surface area contributed by atoms with Gasteiger partial charge in [-0.25, -0.2) is 4.79 Å². The maximum Gasteiger partial charge on any atom is 0.336 e. The molecule has 2 rings (SSSR count). The Morgan fingerprint density at radius 2 is 2.07 bits per heavy atom. The number of thioether (sulfide) groups is 1. The summed E-state index contributed by atoms with van der Waals surface area (Å²) in [5.74, 6) is -0.951. The minimum absolute atomic E-state index is 0.267. The van der Waals surface area contributed by atoms with E-state index in [0.717, 1.165) is 30.2 Å². The second-order valence-corrected chi connectivity index (χ2v) is 7.76. The summed E-state index contributed by atoms with van der Waals surface area (Å²) in [5, 5.41) is 14.5. The highest BCUT2D eigenvalue weighted by Gasteiger charge is 2.20. The highest BCUT2D eigenvalue weighted by Crippen LogP contribution is 2.24. The smallest absolute Gasteiger partial charge is 0.336 e. The minimum Gasteiger partial charge on any atom is -0.548 e. The van der Waals surface area contributed by atoms with Gasteiger partial charge in [0.1, 0.15) is 11.3 Å². The van der Waals surface area contributed by atoms with Gasteiger partial charge in [0.25, 0.3) is 5.91 Å². The number of hydrogen-bond acceptors (Lipinski definition) is 7. The lowest BCUT2D eigenvalue weighted by Gasteiger charge is -2.22. The van der Waals surface area contributed by atoms with Crippen molar-refractivity contribution in [3.05, 3.63) is 40.2 Å². The quantitative estimate of drug-likeness (QED) is 0.553. The molecular formula is C21H26NO6S-. The van der Waals surface area contributed by atoms with Crippen LogP contribution in [0.25, 0.3) is 11.0 Å². The molecule has 0 radical (unpaired) electrons. The van der Waals surface area contributed by atoms with Gasteiger partial charge < -0.3 is 24.4 Å². The summed E-state index contributed by atoms with van der Waals surface area (Å²) in [4.78, 5) is 35.3. The number of amides is 1. The van der Waals surface area contributed by atoms with Crippen molar-refractivity contribution in [3.8, 4) is 5.75 Å². The normalized spacial score (nSPS) is 13.1. The molecule has 0 fully saturated rings. The van der Waals surface area contributed by atoms with Crippen LogP contribution < -0.4 is 20.8 Å². The van der Waals surface area contributed by atoms with Crippen molar-refractivity contribution in [2.24, 2.45) is 0 Å². The summed E-state index contributed by atoms with van der Waals surface area (Å²) < 4.78 is 10.9. The fraction of sp³-hybridized carbons (Fsp3) is 0.476. The summed E-state index contributed by atoms with van der Waals surface area (Å²) >= 11 is 1.48. The first-order valence-electron chi connectivity index (χ1n) is 9.59. The van der Waals surface area contributed by atoms with Crippen molar-refractivity contribution < 1.29 is 23.8 Å². The molecule has 7 nitrogen and oxygen atoms in total. The van der Waals surface area contributed by atoms with Gasteiger partial charge in [-0.2, -0.15) is 11.8 Å². The number of hydrogen-bond donors (Lipinski definition) is 1. The monoisotopic (exact) mass is 420 g/mol. The van der Waals surface area contributed by atoms with Crippen molar-refractivity contribution in [2.75, 3.05) is 12.0 Å². The highest BCUT2D eigenvalue weighted by molar-refractivity contribution is 7.98. The number of aryl methyl sites for hydroxylation is 1. The van der Waals surface area contributed by atoms with E-state index in [0.29, 0.717) is 17.1 Å². The first kappa shape index (κ1) is 22.8. The number of carboxylic acids is 1. The highest BCUT2D eigenvalue weighted by atomic mass is 32.2. The van der Waals surface area contributed by atoms with Crippen LogP contribution in [0.1, 0.15) is 38.7 Å². The summed E-state index contributed by atoms with van der Waals surface area (Å²) in [6.45, 7) is 3.60. The van der Waals surface area contributed by atoms with E-state index in [4.69, 9.17) is 9.15 Å². The Balaban J connectivity index is 2.13. The number of aliphatic carboxylic acids is 1. The van der Waals surface area contributed by atoms with E-state index < -0.39 is 29.6 Å². The van der Waals surface area contributed by atoms with Gasteiger partial charge in [0, 0.05) is 17.5 Å². The third-order valence-electron chi connectivity index (χ3n) is 4.50. The Morgan fingerprint density at radius 1 is 1.31 bits per heavy atom. The van der Waals surface area contributed by atoms with Crippen molar-refractivity contribution in [3.63, 3.8) is 0 Å². The SMILES string of the molecule is CCCCc1cc(=O)oc2cc(O[C@@H](C)C(=O)N[C@@H](CCSC)C(=O)[O-])ccc12. The average molecular weight is 421 g/mol. The first-order chi connectivity index (χ1) is 13.8. The van der Waals surface area contributed by atoms with E-state index in [-0.39, 0.29) is 6.42 Å². The third kappa shape index (κ3) is 6.52. The number of ether oxygens (including phenoxy) is 1. The van der Waals surface area contributed by atoms with Gasteiger partial charge in [-0.1, -0.05) is 13.3 Å². The van der Waals surface area contributed by atoms with E-state index in [1.54, 1.807) is 18.2 Å². The predicted octanol–water partition coefficient (Wildman–Crippen LogP) is 1.89. The van der Waals surface area contributed by atoms with Crippen LogP contribution in [-0.2, 0) is 16.0 Å². The summed E-state index contributed by atoms with van der Waals surface area (Å²) in [5.41, 5.74) is 0.875. The number of carbonyl (C=O) groups excluding carboxylic acids is 2. The van der Waals surface area contributed by atoms with Crippen LogP contribution in [-0.4, -0.2) is 36.0 Å². The van der Waals surface area contributed by atoms with E-state index in [9.17, 15) is 19.5 Å². The maximum atomic E-state index is 12.3. The predicted molar refractivity (Wildman–Crippen MR) is 111 cm³/mol. The molecule has 0 saturated carbocycles. The third-order valence-corrected chi connectivity index (χ3v) is 5.14. The van der Waals surface area contributed by atoms with Gasteiger partial charge in [0.2, 0.25) is 0 Å². The van der Waals surface area contributed by atoms with Crippen molar-refractivity contribution >= 4 is 34.6 Å². The summed E-state index contributed by atoms with van der Waals surface area (Å²) in [6.07, 6.45) is 3.94. The van der Waals surface area contributed by atoms with Gasteiger partial charge in [0.15, 0.2) is 6.10 Å². The van der Waals surface area contributed by atoms with Crippen LogP contribution in [0.4, 0.5) is 0 Å². The van der Waals surface area contributed by atoms with Gasteiger partial charge in [-0.15, -0.1) is 0 Å².